The number of carbonyl (C=O) groups excluding carboxylic acids is 1. The van der Waals surface area contributed by atoms with Crippen LogP contribution in [0.15, 0.2) is 12.1 Å². The van der Waals surface area contributed by atoms with E-state index in [1.165, 1.54) is 0 Å². The van der Waals surface area contributed by atoms with Crippen LogP contribution in [0.25, 0.3) is 0 Å². The molecule has 0 aliphatic heterocycles. The third-order valence-electron chi connectivity index (χ3n) is 3.66. The molecule has 0 unspecified atom stereocenters. The van der Waals surface area contributed by atoms with Gasteiger partial charge in [-0.05, 0) is 55.4 Å². The van der Waals surface area contributed by atoms with Crippen LogP contribution in [0.3, 0.4) is 0 Å². The lowest BCUT2D eigenvalue weighted by molar-refractivity contribution is 0.0953. The number of nitrogens with one attached hydrogen (secondary N) is 1. The van der Waals surface area contributed by atoms with Crippen LogP contribution >= 0.6 is 0 Å². The van der Waals surface area contributed by atoms with Crippen LogP contribution < -0.4 is 5.32 Å². The molecule has 21 heavy (non-hydrogen) atoms. The van der Waals surface area contributed by atoms with Crippen molar-refractivity contribution in [1.29, 1.82) is 0 Å². The van der Waals surface area contributed by atoms with Crippen LogP contribution in [0.4, 0.5) is 0 Å². The average Bonchev–Trinajstić information content (AvgIpc) is 2.50. The fourth-order valence-electron chi connectivity index (χ4n) is 2.35. The lowest BCUT2D eigenvalue weighted by Crippen LogP contribution is -2.24. The number of hydrogen-bond donors (Lipinski definition) is 2. The number of aromatic hydroxyl groups is 1. The third kappa shape index (κ3) is 5.41. The minimum absolute atomic E-state index is 0.0349. The highest BCUT2D eigenvalue weighted by molar-refractivity contribution is 5.94. The molecule has 0 fully saturated rings. The van der Waals surface area contributed by atoms with Gasteiger partial charge in [-0.3, -0.25) is 4.79 Å². The summed E-state index contributed by atoms with van der Waals surface area (Å²) < 4.78 is 0. The highest BCUT2D eigenvalue weighted by atomic mass is 16.3. The first kappa shape index (κ1) is 17.5. The topological polar surface area (TPSA) is 49.3 Å². The summed E-state index contributed by atoms with van der Waals surface area (Å²) in [6.45, 7) is 6.99. The minimum Gasteiger partial charge on any atom is -0.507 e. The average molecular weight is 291 g/mol. The Morgan fingerprint density at radius 3 is 1.95 bits per heavy atom. The van der Waals surface area contributed by atoms with Crippen LogP contribution in [0, 0.1) is 0 Å². The van der Waals surface area contributed by atoms with E-state index in [-0.39, 0.29) is 5.91 Å². The summed E-state index contributed by atoms with van der Waals surface area (Å²) in [4.78, 5) is 12.2. The fraction of sp³-hybridized carbons (Fsp3) is 0.611. The lowest BCUT2D eigenvalue weighted by atomic mass is 9.96. The number of amides is 1. The Hall–Kier alpha value is -1.51. The first-order chi connectivity index (χ1) is 10.1. The van der Waals surface area contributed by atoms with Crippen molar-refractivity contribution in [3.63, 3.8) is 0 Å². The molecule has 1 amide bonds. The van der Waals surface area contributed by atoms with Crippen LogP contribution in [-0.2, 0) is 12.8 Å². The summed E-state index contributed by atoms with van der Waals surface area (Å²) in [5, 5.41) is 13.3. The van der Waals surface area contributed by atoms with Gasteiger partial charge in [0.05, 0.1) is 0 Å². The Kier molecular flexibility index (Phi) is 7.88. The molecule has 1 rings (SSSR count). The van der Waals surface area contributed by atoms with Gasteiger partial charge in [0, 0.05) is 12.1 Å². The first-order valence-corrected chi connectivity index (χ1v) is 8.26. The number of hydrogen-bond acceptors (Lipinski definition) is 2. The Bertz CT molecular complexity index is 426. The minimum atomic E-state index is -0.0349. The van der Waals surface area contributed by atoms with Gasteiger partial charge in [0.2, 0.25) is 0 Å². The summed E-state index contributed by atoms with van der Waals surface area (Å²) in [5.74, 6) is 0.358. The quantitative estimate of drug-likeness (QED) is 0.715. The van der Waals surface area contributed by atoms with Crippen molar-refractivity contribution in [2.45, 2.75) is 65.7 Å². The number of unbranched alkanes of at least 4 members (excludes halogenated alkanes) is 2. The monoisotopic (exact) mass is 291 g/mol. The molecule has 1 aromatic rings. The van der Waals surface area contributed by atoms with Gasteiger partial charge in [-0.15, -0.1) is 0 Å². The number of phenols is 1. The van der Waals surface area contributed by atoms with Gasteiger partial charge in [0.1, 0.15) is 5.75 Å². The molecule has 0 aliphatic rings. The zero-order valence-electron chi connectivity index (χ0n) is 13.7. The predicted molar refractivity (Wildman–Crippen MR) is 88.0 cm³/mol. The molecule has 0 atom stereocenters. The van der Waals surface area contributed by atoms with Crippen LogP contribution in [0.1, 0.15) is 74.4 Å². The molecule has 0 aromatic heterocycles. The van der Waals surface area contributed by atoms with E-state index < -0.39 is 0 Å². The van der Waals surface area contributed by atoms with E-state index in [9.17, 15) is 9.90 Å². The molecule has 118 valence electrons. The Morgan fingerprint density at radius 2 is 1.52 bits per heavy atom. The van der Waals surface area contributed by atoms with E-state index in [2.05, 4.69) is 19.2 Å². The van der Waals surface area contributed by atoms with Crippen LogP contribution in [0.5, 0.6) is 5.75 Å². The molecule has 0 aliphatic carbocycles. The molecule has 0 saturated heterocycles. The summed E-state index contributed by atoms with van der Waals surface area (Å²) in [6, 6.07) is 3.71. The van der Waals surface area contributed by atoms with Crippen molar-refractivity contribution in [2.75, 3.05) is 6.54 Å². The summed E-state index contributed by atoms with van der Waals surface area (Å²) in [7, 11) is 0. The van der Waals surface area contributed by atoms with E-state index >= 15 is 0 Å². The second kappa shape index (κ2) is 9.43. The fourth-order valence-corrected chi connectivity index (χ4v) is 2.35. The summed E-state index contributed by atoms with van der Waals surface area (Å²) >= 11 is 0. The van der Waals surface area contributed by atoms with E-state index in [1.807, 2.05) is 19.1 Å². The maximum Gasteiger partial charge on any atom is 0.251 e. The first-order valence-electron chi connectivity index (χ1n) is 8.26. The molecule has 0 bridgehead atoms. The smallest absolute Gasteiger partial charge is 0.251 e. The zero-order valence-corrected chi connectivity index (χ0v) is 13.7. The second-order valence-corrected chi connectivity index (χ2v) is 5.61. The number of benzene rings is 1. The molecule has 1 aromatic carbocycles. The second-order valence-electron chi connectivity index (χ2n) is 5.61. The van der Waals surface area contributed by atoms with E-state index in [1.54, 1.807) is 0 Å². The van der Waals surface area contributed by atoms with Crippen molar-refractivity contribution in [2.24, 2.45) is 0 Å². The third-order valence-corrected chi connectivity index (χ3v) is 3.66. The SMILES string of the molecule is CCCCc1cc(C(=O)NCCC)cc(CCCC)c1O. The lowest BCUT2D eigenvalue weighted by Gasteiger charge is -2.13. The van der Waals surface area contributed by atoms with Gasteiger partial charge < -0.3 is 10.4 Å². The summed E-state index contributed by atoms with van der Waals surface area (Å²) in [6.07, 6.45) is 6.80. The van der Waals surface area contributed by atoms with Gasteiger partial charge >= 0.3 is 0 Å². The van der Waals surface area contributed by atoms with E-state index in [0.29, 0.717) is 17.9 Å². The molecule has 0 spiro atoms. The maximum absolute atomic E-state index is 12.2. The standard InChI is InChI=1S/C18H29NO2/c1-4-7-9-14-12-16(18(21)19-11-6-3)13-15(17(14)20)10-8-5-2/h12-13,20H,4-11H2,1-3H3,(H,19,21). The Morgan fingerprint density at radius 1 is 1.00 bits per heavy atom. The van der Waals surface area contributed by atoms with Crippen LogP contribution in [0.2, 0.25) is 0 Å². The van der Waals surface area contributed by atoms with Crippen molar-refractivity contribution < 1.29 is 9.90 Å². The Labute approximate surface area is 128 Å². The van der Waals surface area contributed by atoms with Gasteiger partial charge in [-0.1, -0.05) is 33.6 Å². The molecule has 0 saturated carbocycles. The number of aryl methyl sites for hydroxylation is 2. The zero-order chi connectivity index (χ0) is 15.7. The van der Waals surface area contributed by atoms with Gasteiger partial charge in [0.15, 0.2) is 0 Å². The number of carbonyl (C=O) groups is 1. The van der Waals surface area contributed by atoms with Crippen molar-refractivity contribution in [3.8, 4) is 5.75 Å². The van der Waals surface area contributed by atoms with Crippen molar-refractivity contribution in [1.82, 2.24) is 5.32 Å². The molecule has 3 heteroatoms. The van der Waals surface area contributed by atoms with Gasteiger partial charge in [-0.2, -0.15) is 0 Å². The van der Waals surface area contributed by atoms with Crippen molar-refractivity contribution in [3.05, 3.63) is 28.8 Å². The molecule has 2 N–H and O–H groups in total. The predicted octanol–water partition coefficient (Wildman–Crippen LogP) is 4.22. The van der Waals surface area contributed by atoms with Gasteiger partial charge in [0.25, 0.3) is 5.91 Å². The van der Waals surface area contributed by atoms with Gasteiger partial charge in [-0.25, -0.2) is 0 Å². The molecule has 0 heterocycles. The largest absolute Gasteiger partial charge is 0.507 e. The molecular formula is C18H29NO2. The number of phenolic OH excluding ortho intramolecular Hbond substituents is 1. The Balaban J connectivity index is 3.03. The normalized spacial score (nSPS) is 10.6. The van der Waals surface area contributed by atoms with E-state index in [4.69, 9.17) is 0 Å². The van der Waals surface area contributed by atoms with E-state index in [0.717, 1.165) is 56.1 Å². The maximum atomic E-state index is 12.2. The molecule has 0 radical (unpaired) electrons. The highest BCUT2D eigenvalue weighted by Gasteiger charge is 2.13. The number of rotatable bonds is 9. The van der Waals surface area contributed by atoms with Crippen LogP contribution in [-0.4, -0.2) is 17.6 Å². The highest BCUT2D eigenvalue weighted by Crippen LogP contribution is 2.27. The van der Waals surface area contributed by atoms with Crippen molar-refractivity contribution >= 4 is 5.91 Å². The molecule has 3 nitrogen and oxygen atoms in total. The summed E-state index contributed by atoms with van der Waals surface area (Å²) in [5.41, 5.74) is 2.50. The molecular weight excluding hydrogens is 262 g/mol.